The van der Waals surface area contributed by atoms with Crippen LogP contribution >= 0.6 is 0 Å². The number of carbonyl (C=O) groups is 1. The quantitative estimate of drug-likeness (QED) is 0.606. The molecule has 1 aromatic carbocycles. The van der Waals surface area contributed by atoms with Gasteiger partial charge < -0.3 is 10.6 Å². The minimum atomic E-state index is -0.596. The highest BCUT2D eigenvalue weighted by Crippen LogP contribution is 2.27. The van der Waals surface area contributed by atoms with E-state index < -0.39 is 10.8 Å². The third-order valence-electron chi connectivity index (χ3n) is 2.00. The van der Waals surface area contributed by atoms with Crippen LogP contribution in [0.25, 0.3) is 0 Å². The standard InChI is InChI=1S/C10H10N4O3/c1-12-7-2-3-9(14(16)17)8(6-7)13-10(15)4-5-11/h2-3,6,12H,4H2,1H3,(H,13,15). The molecular weight excluding hydrogens is 224 g/mol. The number of carbonyl (C=O) groups excluding carboxylic acids is 1. The van der Waals surface area contributed by atoms with Crippen molar-refractivity contribution < 1.29 is 9.72 Å². The van der Waals surface area contributed by atoms with Crippen molar-refractivity contribution in [2.45, 2.75) is 6.42 Å². The smallest absolute Gasteiger partial charge is 0.292 e. The van der Waals surface area contributed by atoms with Crippen molar-refractivity contribution in [3.05, 3.63) is 28.3 Å². The number of anilines is 2. The number of hydrogen-bond donors (Lipinski definition) is 2. The first-order chi connectivity index (χ1) is 8.08. The minimum absolute atomic E-state index is 0.0714. The van der Waals surface area contributed by atoms with Crippen LogP contribution in [0.15, 0.2) is 18.2 Å². The Bertz CT molecular complexity index is 493. The number of nitro benzene ring substituents is 1. The van der Waals surface area contributed by atoms with E-state index in [0.717, 1.165) is 0 Å². The summed E-state index contributed by atoms with van der Waals surface area (Å²) in [5, 5.41) is 24.2. The number of amides is 1. The molecule has 0 spiro atoms. The van der Waals surface area contributed by atoms with Gasteiger partial charge in [-0.15, -0.1) is 0 Å². The molecule has 2 N–H and O–H groups in total. The lowest BCUT2D eigenvalue weighted by atomic mass is 10.2. The second-order valence-corrected chi connectivity index (χ2v) is 3.12. The molecule has 0 aromatic heterocycles. The van der Waals surface area contributed by atoms with Gasteiger partial charge in [0.2, 0.25) is 5.91 Å². The van der Waals surface area contributed by atoms with Gasteiger partial charge in [-0.05, 0) is 12.1 Å². The second-order valence-electron chi connectivity index (χ2n) is 3.12. The maximum absolute atomic E-state index is 11.2. The van der Waals surface area contributed by atoms with Gasteiger partial charge >= 0.3 is 0 Å². The van der Waals surface area contributed by atoms with Gasteiger partial charge in [-0.25, -0.2) is 0 Å². The van der Waals surface area contributed by atoms with Gasteiger partial charge in [0.15, 0.2) is 0 Å². The van der Waals surface area contributed by atoms with Crippen LogP contribution in [-0.2, 0) is 4.79 Å². The van der Waals surface area contributed by atoms with Crippen LogP contribution in [0.1, 0.15) is 6.42 Å². The van der Waals surface area contributed by atoms with Crippen molar-refractivity contribution in [2.24, 2.45) is 0 Å². The molecule has 1 amide bonds. The molecule has 17 heavy (non-hydrogen) atoms. The average molecular weight is 234 g/mol. The number of nitriles is 1. The lowest BCUT2D eigenvalue weighted by molar-refractivity contribution is -0.383. The molecule has 0 unspecified atom stereocenters. The topological polar surface area (TPSA) is 108 Å². The number of rotatable bonds is 4. The van der Waals surface area contributed by atoms with E-state index in [2.05, 4.69) is 10.6 Å². The predicted octanol–water partition coefficient (Wildman–Crippen LogP) is 1.49. The number of nitrogens with zero attached hydrogens (tertiary/aromatic N) is 2. The number of hydrogen-bond acceptors (Lipinski definition) is 5. The summed E-state index contributed by atoms with van der Waals surface area (Å²) in [6, 6.07) is 5.92. The fourth-order valence-corrected chi connectivity index (χ4v) is 1.22. The Morgan fingerprint density at radius 2 is 2.29 bits per heavy atom. The van der Waals surface area contributed by atoms with E-state index in [4.69, 9.17) is 5.26 Å². The largest absolute Gasteiger partial charge is 0.388 e. The van der Waals surface area contributed by atoms with Crippen LogP contribution in [0.5, 0.6) is 0 Å². The maximum atomic E-state index is 11.2. The summed E-state index contributed by atoms with van der Waals surface area (Å²) in [6.45, 7) is 0. The highest BCUT2D eigenvalue weighted by atomic mass is 16.6. The molecule has 1 rings (SSSR count). The van der Waals surface area contributed by atoms with Crippen molar-refractivity contribution in [1.82, 2.24) is 0 Å². The highest BCUT2D eigenvalue weighted by Gasteiger charge is 2.15. The van der Waals surface area contributed by atoms with Crippen molar-refractivity contribution in [2.75, 3.05) is 17.7 Å². The SMILES string of the molecule is CNc1ccc([N+](=O)[O-])c(NC(=O)CC#N)c1. The van der Waals surface area contributed by atoms with E-state index in [1.54, 1.807) is 13.1 Å². The maximum Gasteiger partial charge on any atom is 0.292 e. The summed E-state index contributed by atoms with van der Waals surface area (Å²) < 4.78 is 0. The molecule has 0 fully saturated rings. The first kappa shape index (κ1) is 12.4. The van der Waals surface area contributed by atoms with E-state index in [-0.39, 0.29) is 17.8 Å². The van der Waals surface area contributed by atoms with E-state index in [1.165, 1.54) is 18.2 Å². The van der Waals surface area contributed by atoms with E-state index in [0.29, 0.717) is 5.69 Å². The van der Waals surface area contributed by atoms with Gasteiger partial charge in [0, 0.05) is 18.8 Å². The van der Waals surface area contributed by atoms with Gasteiger partial charge in [0.05, 0.1) is 11.0 Å². The van der Waals surface area contributed by atoms with E-state index >= 15 is 0 Å². The molecule has 88 valence electrons. The zero-order valence-corrected chi connectivity index (χ0v) is 9.06. The molecule has 0 aliphatic rings. The average Bonchev–Trinajstić information content (AvgIpc) is 2.28. The number of benzene rings is 1. The lowest BCUT2D eigenvalue weighted by Crippen LogP contribution is -2.11. The lowest BCUT2D eigenvalue weighted by Gasteiger charge is -2.06. The third kappa shape index (κ3) is 3.17. The van der Waals surface area contributed by atoms with E-state index in [9.17, 15) is 14.9 Å². The second kappa shape index (κ2) is 5.46. The van der Waals surface area contributed by atoms with Gasteiger partial charge in [0.25, 0.3) is 5.69 Å². The van der Waals surface area contributed by atoms with Gasteiger partial charge in [-0.1, -0.05) is 0 Å². The normalized spacial score (nSPS) is 9.18. The molecule has 0 aliphatic heterocycles. The predicted molar refractivity (Wildman–Crippen MR) is 61.5 cm³/mol. The van der Waals surface area contributed by atoms with Crippen LogP contribution < -0.4 is 10.6 Å². The molecular formula is C10H10N4O3. The van der Waals surface area contributed by atoms with Crippen LogP contribution in [0.4, 0.5) is 17.1 Å². The fraction of sp³-hybridized carbons (Fsp3) is 0.200. The molecule has 0 saturated heterocycles. The number of nitro groups is 1. The first-order valence-corrected chi connectivity index (χ1v) is 4.71. The molecule has 0 saturated carbocycles. The van der Waals surface area contributed by atoms with E-state index in [1.807, 2.05) is 0 Å². The van der Waals surface area contributed by atoms with Crippen molar-refractivity contribution >= 4 is 23.0 Å². The summed E-state index contributed by atoms with van der Waals surface area (Å²) in [7, 11) is 1.65. The molecule has 0 radical (unpaired) electrons. The summed E-state index contributed by atoms with van der Waals surface area (Å²) in [6.07, 6.45) is -0.346. The Hall–Kier alpha value is -2.62. The van der Waals surface area contributed by atoms with Crippen LogP contribution in [0, 0.1) is 21.4 Å². The molecule has 7 heteroatoms. The molecule has 7 nitrogen and oxygen atoms in total. The van der Waals surface area contributed by atoms with Crippen LogP contribution in [0.3, 0.4) is 0 Å². The Morgan fingerprint density at radius 3 is 2.82 bits per heavy atom. The minimum Gasteiger partial charge on any atom is -0.388 e. The molecule has 0 heterocycles. The summed E-state index contributed by atoms with van der Waals surface area (Å²) in [4.78, 5) is 21.3. The van der Waals surface area contributed by atoms with Crippen molar-refractivity contribution in [3.8, 4) is 6.07 Å². The van der Waals surface area contributed by atoms with Crippen molar-refractivity contribution in [3.63, 3.8) is 0 Å². The summed E-state index contributed by atoms with van der Waals surface area (Å²) in [5.74, 6) is -0.580. The molecule has 1 aromatic rings. The monoisotopic (exact) mass is 234 g/mol. The Balaban J connectivity index is 3.05. The number of nitrogens with one attached hydrogen (secondary N) is 2. The molecule has 0 aliphatic carbocycles. The summed E-state index contributed by atoms with van der Waals surface area (Å²) in [5.41, 5.74) is 0.486. The zero-order valence-electron chi connectivity index (χ0n) is 9.06. The van der Waals surface area contributed by atoms with Crippen molar-refractivity contribution in [1.29, 1.82) is 5.26 Å². The third-order valence-corrected chi connectivity index (χ3v) is 2.00. The fourth-order valence-electron chi connectivity index (χ4n) is 1.22. The van der Waals surface area contributed by atoms with Crippen LogP contribution in [-0.4, -0.2) is 17.9 Å². The Labute approximate surface area is 97.2 Å². The highest BCUT2D eigenvalue weighted by molar-refractivity contribution is 5.94. The Morgan fingerprint density at radius 1 is 1.59 bits per heavy atom. The molecule has 0 bridgehead atoms. The Kier molecular flexibility index (Phi) is 4.00. The van der Waals surface area contributed by atoms with Gasteiger partial charge in [0.1, 0.15) is 12.1 Å². The summed E-state index contributed by atoms with van der Waals surface area (Å²) >= 11 is 0. The first-order valence-electron chi connectivity index (χ1n) is 4.71. The molecule has 0 atom stereocenters. The van der Waals surface area contributed by atoms with Crippen LogP contribution in [0.2, 0.25) is 0 Å². The van der Waals surface area contributed by atoms with Gasteiger partial charge in [-0.3, -0.25) is 14.9 Å². The zero-order chi connectivity index (χ0) is 12.8. The van der Waals surface area contributed by atoms with Gasteiger partial charge in [-0.2, -0.15) is 5.26 Å².